The second-order valence-corrected chi connectivity index (χ2v) is 4.73. The molecule has 0 radical (unpaired) electrons. The Labute approximate surface area is 107 Å². The predicted molar refractivity (Wildman–Crippen MR) is 68.3 cm³/mol. The molecule has 2 atom stereocenters. The van der Waals surface area contributed by atoms with Gasteiger partial charge in [0.15, 0.2) is 0 Å². The van der Waals surface area contributed by atoms with E-state index in [9.17, 15) is 4.79 Å². The van der Waals surface area contributed by atoms with Crippen LogP contribution in [0.3, 0.4) is 0 Å². The Morgan fingerprint density at radius 3 is 3.00 bits per heavy atom. The molecule has 0 heterocycles. The van der Waals surface area contributed by atoms with Gasteiger partial charge in [-0.05, 0) is 30.5 Å². The number of nitrogens with one attached hydrogen (secondary N) is 1. The van der Waals surface area contributed by atoms with Crippen molar-refractivity contribution in [2.75, 3.05) is 0 Å². The van der Waals surface area contributed by atoms with E-state index in [1.165, 1.54) is 0 Å². The van der Waals surface area contributed by atoms with E-state index in [-0.39, 0.29) is 17.9 Å². The van der Waals surface area contributed by atoms with Crippen molar-refractivity contribution in [3.8, 4) is 6.07 Å². The maximum Gasteiger partial charge on any atom is 0.224 e. The number of nitriles is 1. The van der Waals surface area contributed by atoms with E-state index in [0.29, 0.717) is 12.1 Å². The summed E-state index contributed by atoms with van der Waals surface area (Å²) in [4.78, 5) is 11.9. The molecule has 1 aromatic rings. The van der Waals surface area contributed by atoms with E-state index in [1.807, 2.05) is 12.1 Å². The number of hydrogen-bond donors (Lipinski definition) is 2. The van der Waals surface area contributed by atoms with Crippen LogP contribution in [0.5, 0.6) is 0 Å². The SMILES string of the molecule is N#Cc1cccc(CNC(=O)C2CCCC2N)c1. The van der Waals surface area contributed by atoms with E-state index in [4.69, 9.17) is 11.0 Å². The number of carbonyl (C=O) groups excluding carboxylic acids is 1. The Balaban J connectivity index is 1.91. The first-order valence-corrected chi connectivity index (χ1v) is 6.23. The van der Waals surface area contributed by atoms with Crippen molar-refractivity contribution in [2.45, 2.75) is 31.8 Å². The average Bonchev–Trinajstić information content (AvgIpc) is 2.82. The van der Waals surface area contributed by atoms with Gasteiger partial charge in [0.2, 0.25) is 5.91 Å². The van der Waals surface area contributed by atoms with Crippen LogP contribution in [-0.2, 0) is 11.3 Å². The molecule has 2 unspecified atom stereocenters. The number of nitrogens with two attached hydrogens (primary N) is 1. The molecule has 4 heteroatoms. The zero-order valence-electron chi connectivity index (χ0n) is 10.2. The monoisotopic (exact) mass is 243 g/mol. The van der Waals surface area contributed by atoms with Crippen molar-refractivity contribution in [3.63, 3.8) is 0 Å². The topological polar surface area (TPSA) is 78.9 Å². The van der Waals surface area contributed by atoms with Crippen molar-refractivity contribution in [1.82, 2.24) is 5.32 Å². The summed E-state index contributed by atoms with van der Waals surface area (Å²) in [7, 11) is 0. The third-order valence-corrected chi connectivity index (χ3v) is 3.43. The van der Waals surface area contributed by atoms with Crippen LogP contribution < -0.4 is 11.1 Å². The predicted octanol–water partition coefficient (Wildman–Crippen LogP) is 1.30. The van der Waals surface area contributed by atoms with Crippen molar-refractivity contribution in [1.29, 1.82) is 5.26 Å². The van der Waals surface area contributed by atoms with E-state index < -0.39 is 0 Å². The molecule has 1 fully saturated rings. The highest BCUT2D eigenvalue weighted by molar-refractivity contribution is 5.79. The van der Waals surface area contributed by atoms with Gasteiger partial charge in [-0.3, -0.25) is 4.79 Å². The molecule has 1 aromatic carbocycles. The summed E-state index contributed by atoms with van der Waals surface area (Å²) in [5, 5.41) is 11.7. The molecule has 1 amide bonds. The molecule has 1 aliphatic carbocycles. The Morgan fingerprint density at radius 1 is 1.50 bits per heavy atom. The molecule has 1 saturated carbocycles. The average molecular weight is 243 g/mol. The van der Waals surface area contributed by atoms with E-state index in [0.717, 1.165) is 24.8 Å². The molecule has 0 saturated heterocycles. The molecule has 0 spiro atoms. The van der Waals surface area contributed by atoms with Crippen LogP contribution in [0.25, 0.3) is 0 Å². The minimum absolute atomic E-state index is 0.00422. The van der Waals surface area contributed by atoms with Crippen LogP contribution in [0, 0.1) is 17.2 Å². The number of rotatable bonds is 3. The standard InChI is InChI=1S/C14H17N3O/c15-8-10-3-1-4-11(7-10)9-17-14(18)12-5-2-6-13(12)16/h1,3-4,7,12-13H,2,5-6,9,16H2,(H,17,18). The van der Waals surface area contributed by atoms with Gasteiger partial charge in [-0.25, -0.2) is 0 Å². The van der Waals surface area contributed by atoms with Crippen LogP contribution in [0.2, 0.25) is 0 Å². The van der Waals surface area contributed by atoms with Crippen molar-refractivity contribution in [3.05, 3.63) is 35.4 Å². The van der Waals surface area contributed by atoms with E-state index >= 15 is 0 Å². The largest absolute Gasteiger partial charge is 0.352 e. The Bertz CT molecular complexity index is 478. The third-order valence-electron chi connectivity index (χ3n) is 3.43. The summed E-state index contributed by atoms with van der Waals surface area (Å²) >= 11 is 0. The summed E-state index contributed by atoms with van der Waals surface area (Å²) in [6.45, 7) is 0.456. The van der Waals surface area contributed by atoms with Gasteiger partial charge in [-0.1, -0.05) is 18.6 Å². The molecule has 4 nitrogen and oxygen atoms in total. The first-order valence-electron chi connectivity index (χ1n) is 6.23. The lowest BCUT2D eigenvalue weighted by molar-refractivity contribution is -0.125. The fraction of sp³-hybridized carbons (Fsp3) is 0.429. The molecule has 94 valence electrons. The van der Waals surface area contributed by atoms with Gasteiger partial charge < -0.3 is 11.1 Å². The number of hydrogen-bond acceptors (Lipinski definition) is 3. The van der Waals surface area contributed by atoms with E-state index in [2.05, 4.69) is 11.4 Å². The van der Waals surface area contributed by atoms with Crippen molar-refractivity contribution in [2.24, 2.45) is 11.7 Å². The quantitative estimate of drug-likeness (QED) is 0.839. The van der Waals surface area contributed by atoms with Crippen LogP contribution in [0.4, 0.5) is 0 Å². The fourth-order valence-electron chi connectivity index (χ4n) is 2.39. The number of carbonyl (C=O) groups is 1. The van der Waals surface area contributed by atoms with Crippen molar-refractivity contribution >= 4 is 5.91 Å². The van der Waals surface area contributed by atoms with Gasteiger partial charge in [0.05, 0.1) is 17.6 Å². The molecule has 3 N–H and O–H groups in total. The number of amides is 1. The van der Waals surface area contributed by atoms with E-state index in [1.54, 1.807) is 12.1 Å². The van der Waals surface area contributed by atoms with Gasteiger partial charge >= 0.3 is 0 Å². The molecule has 18 heavy (non-hydrogen) atoms. The highest BCUT2D eigenvalue weighted by Crippen LogP contribution is 2.24. The van der Waals surface area contributed by atoms with Crippen LogP contribution >= 0.6 is 0 Å². The fourth-order valence-corrected chi connectivity index (χ4v) is 2.39. The highest BCUT2D eigenvalue weighted by Gasteiger charge is 2.29. The summed E-state index contributed by atoms with van der Waals surface area (Å²) in [5.41, 5.74) is 7.44. The third kappa shape index (κ3) is 2.88. The minimum atomic E-state index is -0.0517. The molecule has 0 aromatic heterocycles. The maximum atomic E-state index is 11.9. The Hall–Kier alpha value is -1.86. The first kappa shape index (κ1) is 12.6. The van der Waals surface area contributed by atoms with Crippen molar-refractivity contribution < 1.29 is 4.79 Å². The van der Waals surface area contributed by atoms with Gasteiger partial charge in [0.1, 0.15) is 0 Å². The van der Waals surface area contributed by atoms with Gasteiger partial charge in [-0.15, -0.1) is 0 Å². The van der Waals surface area contributed by atoms with Crippen LogP contribution in [-0.4, -0.2) is 11.9 Å². The molecule has 0 aliphatic heterocycles. The maximum absolute atomic E-state index is 11.9. The summed E-state index contributed by atoms with van der Waals surface area (Å²) in [5.74, 6) is -0.0217. The highest BCUT2D eigenvalue weighted by atomic mass is 16.1. The van der Waals surface area contributed by atoms with Gasteiger partial charge in [0, 0.05) is 12.6 Å². The van der Waals surface area contributed by atoms with Gasteiger partial charge in [0.25, 0.3) is 0 Å². The minimum Gasteiger partial charge on any atom is -0.352 e. The molecule has 0 bridgehead atoms. The molecular weight excluding hydrogens is 226 g/mol. The zero-order chi connectivity index (χ0) is 13.0. The second kappa shape index (κ2) is 5.65. The smallest absolute Gasteiger partial charge is 0.224 e. The molecule has 1 aliphatic rings. The molecular formula is C14H17N3O. The normalized spacial score (nSPS) is 22.4. The molecule has 2 rings (SSSR count). The van der Waals surface area contributed by atoms with Gasteiger partial charge in [-0.2, -0.15) is 5.26 Å². The summed E-state index contributed by atoms with van der Waals surface area (Å²) in [6.07, 6.45) is 2.84. The lowest BCUT2D eigenvalue weighted by Crippen LogP contribution is -2.38. The summed E-state index contributed by atoms with van der Waals surface area (Å²) < 4.78 is 0. The first-order chi connectivity index (χ1) is 8.70. The Morgan fingerprint density at radius 2 is 2.33 bits per heavy atom. The van der Waals surface area contributed by atoms with Crippen LogP contribution in [0.15, 0.2) is 24.3 Å². The Kier molecular flexibility index (Phi) is 3.96. The lowest BCUT2D eigenvalue weighted by Gasteiger charge is -2.15. The number of benzene rings is 1. The number of nitrogens with zero attached hydrogens (tertiary/aromatic N) is 1. The second-order valence-electron chi connectivity index (χ2n) is 4.73. The van der Waals surface area contributed by atoms with Crippen LogP contribution in [0.1, 0.15) is 30.4 Å². The lowest BCUT2D eigenvalue weighted by atomic mass is 10.0. The zero-order valence-corrected chi connectivity index (χ0v) is 10.2. The summed E-state index contributed by atoms with van der Waals surface area (Å²) in [6, 6.07) is 9.33.